The van der Waals surface area contributed by atoms with Gasteiger partial charge in [-0.25, -0.2) is 0 Å². The van der Waals surface area contributed by atoms with E-state index in [1.807, 2.05) is 0 Å². The minimum absolute atomic E-state index is 0.0536. The summed E-state index contributed by atoms with van der Waals surface area (Å²) in [5.41, 5.74) is 0. The fourth-order valence-electron chi connectivity index (χ4n) is 1.90. The standard InChI is InChI=1S/C11H21N3O2/c1-8(11(16)14(2)3)13-10(15)7-9-5-4-6-12-9/h8-9,12H,4-7H2,1-3H3,(H,13,15). The van der Waals surface area contributed by atoms with Crippen LogP contribution in [0, 0.1) is 0 Å². The third-order valence-electron chi connectivity index (χ3n) is 2.78. The molecule has 16 heavy (non-hydrogen) atoms. The monoisotopic (exact) mass is 227 g/mol. The second-order valence-electron chi connectivity index (χ2n) is 4.52. The molecule has 5 heteroatoms. The van der Waals surface area contributed by atoms with Crippen LogP contribution in [0.3, 0.4) is 0 Å². The predicted octanol–water partition coefficient (Wildman–Crippen LogP) is -0.279. The first-order valence-corrected chi connectivity index (χ1v) is 5.74. The maximum absolute atomic E-state index is 11.6. The molecule has 0 spiro atoms. The number of nitrogens with one attached hydrogen (secondary N) is 2. The van der Waals surface area contributed by atoms with Crippen LogP contribution in [0.1, 0.15) is 26.2 Å². The molecule has 2 amide bonds. The molecule has 92 valence electrons. The molecule has 1 rings (SSSR count). The fraction of sp³-hybridized carbons (Fsp3) is 0.818. The van der Waals surface area contributed by atoms with Gasteiger partial charge in [0.15, 0.2) is 0 Å². The molecule has 1 heterocycles. The van der Waals surface area contributed by atoms with Crippen molar-refractivity contribution in [1.29, 1.82) is 0 Å². The molecule has 2 N–H and O–H groups in total. The van der Waals surface area contributed by atoms with Gasteiger partial charge in [-0.05, 0) is 26.3 Å². The molecular weight excluding hydrogens is 206 g/mol. The molecule has 0 radical (unpaired) electrons. The number of hydrogen-bond acceptors (Lipinski definition) is 3. The Morgan fingerprint density at radius 2 is 2.19 bits per heavy atom. The van der Waals surface area contributed by atoms with Crippen molar-refractivity contribution in [2.24, 2.45) is 0 Å². The van der Waals surface area contributed by atoms with Crippen LogP contribution in [-0.4, -0.2) is 49.4 Å². The Balaban J connectivity index is 2.30. The lowest BCUT2D eigenvalue weighted by Crippen LogP contribution is -2.45. The highest BCUT2D eigenvalue weighted by Gasteiger charge is 2.21. The third kappa shape index (κ3) is 3.81. The highest BCUT2D eigenvalue weighted by Crippen LogP contribution is 2.08. The van der Waals surface area contributed by atoms with E-state index in [2.05, 4.69) is 10.6 Å². The smallest absolute Gasteiger partial charge is 0.244 e. The molecule has 0 aromatic rings. The lowest BCUT2D eigenvalue weighted by Gasteiger charge is -2.19. The van der Waals surface area contributed by atoms with Gasteiger partial charge < -0.3 is 15.5 Å². The summed E-state index contributed by atoms with van der Waals surface area (Å²) < 4.78 is 0. The van der Waals surface area contributed by atoms with Crippen LogP contribution in [0.25, 0.3) is 0 Å². The lowest BCUT2D eigenvalue weighted by molar-refractivity contribution is -0.134. The summed E-state index contributed by atoms with van der Waals surface area (Å²) in [6, 6.07) is -0.162. The van der Waals surface area contributed by atoms with Gasteiger partial charge in [0.2, 0.25) is 11.8 Å². The van der Waals surface area contributed by atoms with Crippen molar-refractivity contribution < 1.29 is 9.59 Å². The quantitative estimate of drug-likeness (QED) is 0.694. The van der Waals surface area contributed by atoms with E-state index in [0.29, 0.717) is 6.42 Å². The summed E-state index contributed by atoms with van der Waals surface area (Å²) in [4.78, 5) is 24.6. The zero-order valence-corrected chi connectivity index (χ0v) is 10.2. The van der Waals surface area contributed by atoms with E-state index in [9.17, 15) is 9.59 Å². The van der Waals surface area contributed by atoms with E-state index in [-0.39, 0.29) is 17.9 Å². The van der Waals surface area contributed by atoms with Crippen LogP contribution < -0.4 is 10.6 Å². The number of rotatable bonds is 4. The fourth-order valence-corrected chi connectivity index (χ4v) is 1.90. The van der Waals surface area contributed by atoms with E-state index in [1.165, 1.54) is 4.90 Å². The summed E-state index contributed by atoms with van der Waals surface area (Å²) in [7, 11) is 3.37. The maximum Gasteiger partial charge on any atom is 0.244 e. The first-order valence-electron chi connectivity index (χ1n) is 5.74. The normalized spacial score (nSPS) is 21.6. The molecule has 1 aliphatic rings. The number of carbonyl (C=O) groups excluding carboxylic acids is 2. The number of nitrogens with zero attached hydrogens (tertiary/aromatic N) is 1. The van der Waals surface area contributed by atoms with Gasteiger partial charge in [-0.3, -0.25) is 9.59 Å². The number of hydrogen-bond donors (Lipinski definition) is 2. The topological polar surface area (TPSA) is 61.4 Å². The molecule has 0 saturated carbocycles. The maximum atomic E-state index is 11.6. The first kappa shape index (κ1) is 13.0. The van der Waals surface area contributed by atoms with Crippen LogP contribution in [0.4, 0.5) is 0 Å². The van der Waals surface area contributed by atoms with Gasteiger partial charge in [0.05, 0.1) is 0 Å². The predicted molar refractivity (Wildman–Crippen MR) is 61.9 cm³/mol. The second kappa shape index (κ2) is 5.84. The lowest BCUT2D eigenvalue weighted by atomic mass is 10.1. The van der Waals surface area contributed by atoms with Crippen molar-refractivity contribution in [2.75, 3.05) is 20.6 Å². The van der Waals surface area contributed by atoms with Crippen molar-refractivity contribution >= 4 is 11.8 Å². The van der Waals surface area contributed by atoms with Gasteiger partial charge in [0, 0.05) is 26.6 Å². The number of amides is 2. The van der Waals surface area contributed by atoms with E-state index >= 15 is 0 Å². The molecular formula is C11H21N3O2. The van der Waals surface area contributed by atoms with Crippen molar-refractivity contribution in [2.45, 2.75) is 38.3 Å². The molecule has 0 bridgehead atoms. The van der Waals surface area contributed by atoms with Gasteiger partial charge in [0.1, 0.15) is 6.04 Å². The minimum Gasteiger partial charge on any atom is -0.347 e. The van der Waals surface area contributed by atoms with Crippen molar-refractivity contribution in [3.63, 3.8) is 0 Å². The number of likely N-dealkylation sites (N-methyl/N-ethyl adjacent to an activating group) is 1. The Kier molecular flexibility index (Phi) is 4.73. The van der Waals surface area contributed by atoms with Crippen LogP contribution in [-0.2, 0) is 9.59 Å². The highest BCUT2D eigenvalue weighted by atomic mass is 16.2. The summed E-state index contributed by atoms with van der Waals surface area (Å²) in [6.45, 7) is 2.70. The molecule has 5 nitrogen and oxygen atoms in total. The molecule has 2 unspecified atom stereocenters. The van der Waals surface area contributed by atoms with Crippen LogP contribution >= 0.6 is 0 Å². The van der Waals surface area contributed by atoms with E-state index in [1.54, 1.807) is 21.0 Å². The summed E-state index contributed by atoms with van der Waals surface area (Å²) in [5, 5.41) is 5.97. The van der Waals surface area contributed by atoms with Gasteiger partial charge >= 0.3 is 0 Å². The first-order chi connectivity index (χ1) is 7.50. The third-order valence-corrected chi connectivity index (χ3v) is 2.78. The van der Waals surface area contributed by atoms with Gasteiger partial charge in [-0.2, -0.15) is 0 Å². The van der Waals surface area contributed by atoms with Crippen molar-refractivity contribution in [3.05, 3.63) is 0 Å². The van der Waals surface area contributed by atoms with Crippen molar-refractivity contribution in [3.8, 4) is 0 Å². The molecule has 0 aromatic heterocycles. The average Bonchev–Trinajstić information content (AvgIpc) is 2.68. The molecule has 0 aliphatic carbocycles. The Bertz CT molecular complexity index is 260. The summed E-state index contributed by atoms with van der Waals surface area (Å²) in [6.07, 6.45) is 2.64. The largest absolute Gasteiger partial charge is 0.347 e. The highest BCUT2D eigenvalue weighted by molar-refractivity contribution is 5.87. The van der Waals surface area contributed by atoms with E-state index in [0.717, 1.165) is 19.4 Å². The Labute approximate surface area is 96.6 Å². The van der Waals surface area contributed by atoms with Crippen molar-refractivity contribution in [1.82, 2.24) is 15.5 Å². The summed E-state index contributed by atoms with van der Waals surface area (Å²) >= 11 is 0. The summed E-state index contributed by atoms with van der Waals surface area (Å²) in [5.74, 6) is -0.130. The molecule has 1 fully saturated rings. The van der Waals surface area contributed by atoms with Gasteiger partial charge in [-0.15, -0.1) is 0 Å². The zero-order chi connectivity index (χ0) is 12.1. The van der Waals surface area contributed by atoms with E-state index < -0.39 is 6.04 Å². The second-order valence-corrected chi connectivity index (χ2v) is 4.52. The van der Waals surface area contributed by atoms with Gasteiger partial charge in [0.25, 0.3) is 0 Å². The molecule has 1 saturated heterocycles. The Hall–Kier alpha value is -1.10. The Morgan fingerprint density at radius 1 is 1.50 bits per heavy atom. The Morgan fingerprint density at radius 3 is 2.69 bits per heavy atom. The molecule has 0 aromatic carbocycles. The van der Waals surface area contributed by atoms with Crippen LogP contribution in [0.2, 0.25) is 0 Å². The zero-order valence-electron chi connectivity index (χ0n) is 10.2. The average molecular weight is 227 g/mol. The molecule has 2 atom stereocenters. The number of carbonyl (C=O) groups is 2. The SMILES string of the molecule is CC(NC(=O)CC1CCCN1)C(=O)N(C)C. The van der Waals surface area contributed by atoms with E-state index in [4.69, 9.17) is 0 Å². The minimum atomic E-state index is -0.441. The molecule has 1 aliphatic heterocycles. The van der Waals surface area contributed by atoms with Crippen LogP contribution in [0.15, 0.2) is 0 Å². The van der Waals surface area contributed by atoms with Crippen LogP contribution in [0.5, 0.6) is 0 Å². The van der Waals surface area contributed by atoms with Gasteiger partial charge in [-0.1, -0.05) is 0 Å².